The van der Waals surface area contributed by atoms with Crippen LogP contribution in [0.2, 0.25) is 0 Å². The lowest BCUT2D eigenvalue weighted by Gasteiger charge is -2.40. The van der Waals surface area contributed by atoms with Gasteiger partial charge in [-0.15, -0.1) is 0 Å². The van der Waals surface area contributed by atoms with Crippen molar-refractivity contribution in [3.05, 3.63) is 82.9 Å². The van der Waals surface area contributed by atoms with Crippen LogP contribution in [0, 0.1) is 6.92 Å². The number of rotatable bonds is 4. The minimum absolute atomic E-state index is 0.360. The second kappa shape index (κ2) is 7.41. The molecule has 1 heterocycles. The molecule has 5 heteroatoms. The van der Waals surface area contributed by atoms with E-state index in [1.165, 1.54) is 6.92 Å². The highest BCUT2D eigenvalue weighted by molar-refractivity contribution is 5.74. The fourth-order valence-corrected chi connectivity index (χ4v) is 4.11. The molecule has 1 aliphatic heterocycles. The Kier molecular flexibility index (Phi) is 4.90. The number of ether oxygens (including phenoxy) is 2. The summed E-state index contributed by atoms with van der Waals surface area (Å²) in [4.78, 5) is 14.4. The molecule has 1 atom stereocenters. The van der Waals surface area contributed by atoms with Gasteiger partial charge >= 0.3 is 5.97 Å². The molecule has 3 aromatic rings. The molecule has 0 saturated heterocycles. The molecule has 0 spiro atoms. The fourth-order valence-electron chi connectivity index (χ4n) is 4.11. The van der Waals surface area contributed by atoms with Crippen LogP contribution in [0.4, 0.5) is 11.4 Å². The Labute approximate surface area is 177 Å². The maximum atomic E-state index is 12.4. The average Bonchev–Trinajstić information content (AvgIpc) is 2.73. The second-order valence-corrected chi connectivity index (χ2v) is 7.73. The zero-order valence-corrected chi connectivity index (χ0v) is 17.9. The minimum atomic E-state index is -1.11. The Balaban J connectivity index is 2.10. The van der Waals surface area contributed by atoms with Crippen LogP contribution in [-0.2, 0) is 15.1 Å². The molecule has 0 aromatic heterocycles. The fraction of sp³-hybridized carbons (Fsp3) is 0.240. The van der Waals surface area contributed by atoms with E-state index in [0.29, 0.717) is 11.5 Å². The van der Waals surface area contributed by atoms with E-state index in [1.807, 2.05) is 93.6 Å². The summed E-state index contributed by atoms with van der Waals surface area (Å²) >= 11 is 0. The molecule has 5 nitrogen and oxygen atoms in total. The maximum absolute atomic E-state index is 12.4. The summed E-state index contributed by atoms with van der Waals surface area (Å²) in [6, 6.07) is 19.8. The Bertz CT molecular complexity index is 1110. The van der Waals surface area contributed by atoms with Crippen LogP contribution in [0.15, 0.2) is 60.7 Å². The maximum Gasteiger partial charge on any atom is 0.304 e. The van der Waals surface area contributed by atoms with E-state index in [4.69, 9.17) is 9.47 Å². The molecular weight excluding hydrogens is 376 g/mol. The third-order valence-electron chi connectivity index (χ3n) is 5.53. The lowest BCUT2D eigenvalue weighted by Crippen LogP contribution is -2.37. The Morgan fingerprint density at radius 2 is 1.70 bits per heavy atom. The lowest BCUT2D eigenvalue weighted by atomic mass is 9.77. The second-order valence-electron chi connectivity index (χ2n) is 7.73. The Hall–Kier alpha value is -3.47. The van der Waals surface area contributed by atoms with Gasteiger partial charge in [-0.2, -0.15) is 0 Å². The van der Waals surface area contributed by atoms with Crippen molar-refractivity contribution in [2.24, 2.45) is 0 Å². The van der Waals surface area contributed by atoms with Crippen molar-refractivity contribution < 1.29 is 14.3 Å². The molecule has 154 valence electrons. The van der Waals surface area contributed by atoms with E-state index in [9.17, 15) is 4.79 Å². The molecule has 3 aromatic carbocycles. The first kappa shape index (κ1) is 19.8. The lowest BCUT2D eigenvalue weighted by molar-refractivity contribution is -0.151. The first-order chi connectivity index (χ1) is 14.4. The van der Waals surface area contributed by atoms with Crippen molar-refractivity contribution in [2.75, 3.05) is 31.4 Å². The Morgan fingerprint density at radius 1 is 1.00 bits per heavy atom. The van der Waals surface area contributed by atoms with Gasteiger partial charge in [0.25, 0.3) is 0 Å². The van der Waals surface area contributed by atoms with Gasteiger partial charge in [-0.3, -0.25) is 4.79 Å². The molecular formula is C25H26N2O3. The molecule has 1 unspecified atom stereocenters. The number of esters is 1. The van der Waals surface area contributed by atoms with E-state index >= 15 is 0 Å². The highest BCUT2D eigenvalue weighted by atomic mass is 16.6. The number of nitrogens with one attached hydrogen (secondary N) is 1. The summed E-state index contributed by atoms with van der Waals surface area (Å²) in [7, 11) is 5.85. The van der Waals surface area contributed by atoms with Crippen molar-refractivity contribution >= 4 is 17.3 Å². The summed E-state index contributed by atoms with van der Waals surface area (Å²) in [5.74, 6) is 0.997. The number of anilines is 2. The van der Waals surface area contributed by atoms with Gasteiger partial charge in [-0.1, -0.05) is 30.3 Å². The third kappa shape index (κ3) is 3.07. The van der Waals surface area contributed by atoms with Crippen LogP contribution in [0.1, 0.15) is 29.2 Å². The molecule has 0 saturated carbocycles. The van der Waals surface area contributed by atoms with Crippen LogP contribution in [-0.4, -0.2) is 27.1 Å². The van der Waals surface area contributed by atoms with Crippen LogP contribution in [0.5, 0.6) is 11.5 Å². The number of aryl methyl sites for hydroxylation is 1. The molecule has 0 radical (unpaired) electrons. The number of carbonyl (C=O) groups is 1. The average molecular weight is 402 g/mol. The van der Waals surface area contributed by atoms with Crippen molar-refractivity contribution in [1.82, 2.24) is 0 Å². The molecule has 4 rings (SSSR count). The van der Waals surface area contributed by atoms with Gasteiger partial charge in [0.15, 0.2) is 5.60 Å². The van der Waals surface area contributed by atoms with E-state index < -0.39 is 5.60 Å². The highest BCUT2D eigenvalue weighted by Crippen LogP contribution is 2.54. The standard InChI is InChI=1S/C25H26N2O3/c1-16-13-23-21(15-22(16)26-3)25(30-17(2)28,18-9-7-6-8-10-18)20-12-11-19(27(4)5)14-24(20)29-23/h6-15,26H,1-5H3. The van der Waals surface area contributed by atoms with Gasteiger partial charge in [0, 0.05) is 62.2 Å². The zero-order chi connectivity index (χ0) is 21.5. The van der Waals surface area contributed by atoms with Crippen molar-refractivity contribution in [1.29, 1.82) is 0 Å². The number of hydrogen-bond donors (Lipinski definition) is 1. The molecule has 0 fully saturated rings. The third-order valence-corrected chi connectivity index (χ3v) is 5.53. The first-order valence-electron chi connectivity index (χ1n) is 9.94. The monoisotopic (exact) mass is 402 g/mol. The summed E-state index contributed by atoms with van der Waals surface area (Å²) in [5.41, 5.74) is 4.36. The van der Waals surface area contributed by atoms with Crippen LogP contribution in [0.25, 0.3) is 0 Å². The molecule has 0 aliphatic carbocycles. The molecule has 30 heavy (non-hydrogen) atoms. The quantitative estimate of drug-likeness (QED) is 0.618. The predicted molar refractivity (Wildman–Crippen MR) is 120 cm³/mol. The number of carbonyl (C=O) groups excluding carboxylic acids is 1. The van der Waals surface area contributed by atoms with E-state index in [-0.39, 0.29) is 5.97 Å². The topological polar surface area (TPSA) is 50.8 Å². The van der Waals surface area contributed by atoms with Crippen LogP contribution < -0.4 is 15.0 Å². The normalized spacial score (nSPS) is 16.7. The van der Waals surface area contributed by atoms with Crippen LogP contribution >= 0.6 is 0 Å². The number of fused-ring (bicyclic) bond motifs is 2. The summed E-state index contributed by atoms with van der Waals surface area (Å²) in [6.07, 6.45) is 0. The SMILES string of the molecule is CNc1cc2c(cc1C)Oc1cc(N(C)C)ccc1C2(OC(C)=O)c1ccccc1. The van der Waals surface area contributed by atoms with Gasteiger partial charge in [-0.05, 0) is 36.8 Å². The largest absolute Gasteiger partial charge is 0.456 e. The zero-order valence-electron chi connectivity index (χ0n) is 17.9. The smallest absolute Gasteiger partial charge is 0.304 e. The number of benzene rings is 3. The summed E-state index contributed by atoms with van der Waals surface area (Å²) in [5, 5.41) is 3.23. The van der Waals surface area contributed by atoms with Gasteiger partial charge < -0.3 is 19.7 Å². The summed E-state index contributed by atoms with van der Waals surface area (Å²) < 4.78 is 12.6. The minimum Gasteiger partial charge on any atom is -0.456 e. The van der Waals surface area contributed by atoms with Gasteiger partial charge in [0.1, 0.15) is 11.5 Å². The predicted octanol–water partition coefficient (Wildman–Crippen LogP) is 5.06. The number of nitrogens with zero attached hydrogens (tertiary/aromatic N) is 1. The Morgan fingerprint density at radius 3 is 2.33 bits per heavy atom. The molecule has 1 aliphatic rings. The summed E-state index contributed by atoms with van der Waals surface area (Å²) in [6.45, 7) is 3.47. The van der Waals surface area contributed by atoms with Crippen molar-refractivity contribution in [2.45, 2.75) is 19.4 Å². The van der Waals surface area contributed by atoms with Crippen molar-refractivity contribution in [3.63, 3.8) is 0 Å². The highest BCUT2D eigenvalue weighted by Gasteiger charge is 2.47. The van der Waals surface area contributed by atoms with E-state index in [2.05, 4.69) is 5.32 Å². The van der Waals surface area contributed by atoms with Gasteiger partial charge in [-0.25, -0.2) is 0 Å². The molecule has 0 bridgehead atoms. The first-order valence-corrected chi connectivity index (χ1v) is 9.94. The number of hydrogen-bond acceptors (Lipinski definition) is 5. The molecule has 1 N–H and O–H groups in total. The van der Waals surface area contributed by atoms with Gasteiger partial charge in [0.05, 0.1) is 0 Å². The van der Waals surface area contributed by atoms with Gasteiger partial charge in [0.2, 0.25) is 0 Å². The van der Waals surface area contributed by atoms with Crippen LogP contribution in [0.3, 0.4) is 0 Å². The van der Waals surface area contributed by atoms with E-state index in [1.54, 1.807) is 0 Å². The molecule has 0 amide bonds. The van der Waals surface area contributed by atoms with E-state index in [0.717, 1.165) is 33.6 Å². The van der Waals surface area contributed by atoms with Crippen molar-refractivity contribution in [3.8, 4) is 11.5 Å².